The molecule has 2 aliphatic carbocycles. The van der Waals surface area contributed by atoms with E-state index in [4.69, 9.17) is 4.74 Å². The highest BCUT2D eigenvalue weighted by molar-refractivity contribution is 5.94. The number of ether oxygens (including phenoxy) is 1. The zero-order chi connectivity index (χ0) is 16.4. The fourth-order valence-corrected chi connectivity index (χ4v) is 3.96. The lowest BCUT2D eigenvalue weighted by atomic mass is 9.92. The molecule has 0 saturated heterocycles. The average molecular weight is 313 g/mol. The molecule has 124 valence electrons. The van der Waals surface area contributed by atoms with Crippen molar-refractivity contribution in [3.63, 3.8) is 0 Å². The molecule has 1 saturated carbocycles. The molecular weight excluding hydrogens is 286 g/mol. The van der Waals surface area contributed by atoms with Crippen LogP contribution in [0.5, 0.6) is 5.75 Å². The van der Waals surface area contributed by atoms with Gasteiger partial charge in [-0.1, -0.05) is 25.1 Å². The van der Waals surface area contributed by atoms with Crippen molar-refractivity contribution in [3.05, 3.63) is 42.0 Å². The predicted molar refractivity (Wildman–Crippen MR) is 92.6 cm³/mol. The highest BCUT2D eigenvalue weighted by atomic mass is 16.5. The molecule has 1 amide bonds. The van der Waals surface area contributed by atoms with Gasteiger partial charge in [-0.2, -0.15) is 0 Å². The Hall–Kier alpha value is -1.77. The topological polar surface area (TPSA) is 29.5 Å². The fourth-order valence-electron chi connectivity index (χ4n) is 3.96. The van der Waals surface area contributed by atoms with E-state index in [2.05, 4.69) is 30.9 Å². The molecule has 1 fully saturated rings. The molecule has 0 aromatic heterocycles. The molecule has 0 N–H and O–H groups in total. The molecule has 2 bridgehead atoms. The van der Waals surface area contributed by atoms with E-state index in [1.807, 2.05) is 24.3 Å². The summed E-state index contributed by atoms with van der Waals surface area (Å²) < 4.78 is 5.27. The van der Waals surface area contributed by atoms with Gasteiger partial charge in [0, 0.05) is 18.2 Å². The molecule has 2 aliphatic rings. The molecule has 0 aliphatic heterocycles. The van der Waals surface area contributed by atoms with Gasteiger partial charge in [-0.15, -0.1) is 0 Å². The van der Waals surface area contributed by atoms with E-state index in [0.717, 1.165) is 30.2 Å². The SMILES string of the molecule is CCC(C)N(CC1CC2C=CC1C2)C(=O)c1cccc(OC)c1. The van der Waals surface area contributed by atoms with E-state index in [1.165, 1.54) is 12.8 Å². The van der Waals surface area contributed by atoms with Crippen LogP contribution in [0.4, 0.5) is 0 Å². The maximum Gasteiger partial charge on any atom is 0.254 e. The van der Waals surface area contributed by atoms with Crippen LogP contribution >= 0.6 is 0 Å². The van der Waals surface area contributed by atoms with Gasteiger partial charge in [0.25, 0.3) is 5.91 Å². The van der Waals surface area contributed by atoms with Crippen molar-refractivity contribution in [2.24, 2.45) is 17.8 Å². The molecule has 3 heteroatoms. The predicted octanol–water partition coefficient (Wildman–Crippen LogP) is 4.15. The number of methoxy groups -OCH3 is 1. The van der Waals surface area contributed by atoms with Gasteiger partial charge in [0.15, 0.2) is 0 Å². The largest absolute Gasteiger partial charge is 0.497 e. The Balaban J connectivity index is 1.78. The summed E-state index contributed by atoms with van der Waals surface area (Å²) in [7, 11) is 1.64. The summed E-state index contributed by atoms with van der Waals surface area (Å²) in [5.74, 6) is 2.90. The molecule has 1 aromatic carbocycles. The van der Waals surface area contributed by atoms with E-state index < -0.39 is 0 Å². The standard InChI is InChI=1S/C20H27NO2/c1-4-14(2)21(13-18-11-15-8-9-16(18)10-15)20(22)17-6-5-7-19(12-17)23-3/h5-9,12,14-16,18H,4,10-11,13H2,1-3H3. The van der Waals surface area contributed by atoms with Crippen molar-refractivity contribution < 1.29 is 9.53 Å². The van der Waals surface area contributed by atoms with Crippen LogP contribution in [0, 0.1) is 17.8 Å². The summed E-state index contributed by atoms with van der Waals surface area (Å²) in [5.41, 5.74) is 0.725. The first kappa shape index (κ1) is 16.1. The second kappa shape index (κ2) is 6.77. The van der Waals surface area contributed by atoms with Gasteiger partial charge in [0.2, 0.25) is 0 Å². The number of nitrogens with zero attached hydrogens (tertiary/aromatic N) is 1. The lowest BCUT2D eigenvalue weighted by Gasteiger charge is -2.33. The molecule has 4 atom stereocenters. The Bertz CT molecular complexity index is 595. The molecule has 4 unspecified atom stereocenters. The Labute approximate surface area is 139 Å². The third kappa shape index (κ3) is 3.29. The van der Waals surface area contributed by atoms with E-state index in [1.54, 1.807) is 7.11 Å². The Morgan fingerprint density at radius 2 is 2.17 bits per heavy atom. The van der Waals surface area contributed by atoms with Crippen molar-refractivity contribution in [1.29, 1.82) is 0 Å². The number of hydrogen-bond acceptors (Lipinski definition) is 2. The summed E-state index contributed by atoms with van der Waals surface area (Å²) >= 11 is 0. The normalized spacial score (nSPS) is 26.3. The van der Waals surface area contributed by atoms with Gasteiger partial charge in [0.1, 0.15) is 5.75 Å². The molecule has 0 spiro atoms. The van der Waals surface area contributed by atoms with Crippen LogP contribution in [0.25, 0.3) is 0 Å². The van der Waals surface area contributed by atoms with E-state index in [9.17, 15) is 4.79 Å². The summed E-state index contributed by atoms with van der Waals surface area (Å²) in [6.45, 7) is 5.18. The average Bonchev–Trinajstić information content (AvgIpc) is 3.21. The maximum atomic E-state index is 13.1. The number of rotatable bonds is 6. The molecule has 3 nitrogen and oxygen atoms in total. The van der Waals surface area contributed by atoms with Crippen LogP contribution in [-0.4, -0.2) is 30.5 Å². The van der Waals surface area contributed by atoms with Crippen molar-refractivity contribution in [3.8, 4) is 5.75 Å². The summed E-state index contributed by atoms with van der Waals surface area (Å²) in [6, 6.07) is 7.77. The highest BCUT2D eigenvalue weighted by Crippen LogP contribution is 2.44. The minimum absolute atomic E-state index is 0.130. The zero-order valence-electron chi connectivity index (χ0n) is 14.4. The lowest BCUT2D eigenvalue weighted by Crippen LogP contribution is -2.42. The number of benzene rings is 1. The second-order valence-electron chi connectivity index (χ2n) is 6.99. The fraction of sp³-hybridized carbons (Fsp3) is 0.550. The number of carbonyl (C=O) groups excluding carboxylic acids is 1. The van der Waals surface area contributed by atoms with Crippen LogP contribution in [-0.2, 0) is 0 Å². The lowest BCUT2D eigenvalue weighted by molar-refractivity contribution is 0.0640. The summed E-state index contributed by atoms with van der Waals surface area (Å²) in [4.78, 5) is 15.1. The van der Waals surface area contributed by atoms with Crippen molar-refractivity contribution in [1.82, 2.24) is 4.90 Å². The first-order valence-electron chi connectivity index (χ1n) is 8.75. The smallest absolute Gasteiger partial charge is 0.254 e. The minimum atomic E-state index is 0.130. The molecule has 3 rings (SSSR count). The van der Waals surface area contributed by atoms with E-state index in [0.29, 0.717) is 11.8 Å². The van der Waals surface area contributed by atoms with Crippen LogP contribution in [0.3, 0.4) is 0 Å². The number of fused-ring (bicyclic) bond motifs is 2. The molecule has 23 heavy (non-hydrogen) atoms. The number of carbonyl (C=O) groups is 1. The van der Waals surface area contributed by atoms with Crippen molar-refractivity contribution in [2.45, 2.75) is 39.2 Å². The van der Waals surface area contributed by atoms with Gasteiger partial charge >= 0.3 is 0 Å². The molecule has 1 aromatic rings. The van der Waals surface area contributed by atoms with Crippen molar-refractivity contribution in [2.75, 3.05) is 13.7 Å². The zero-order valence-corrected chi connectivity index (χ0v) is 14.4. The van der Waals surface area contributed by atoms with E-state index in [-0.39, 0.29) is 11.9 Å². The monoisotopic (exact) mass is 313 g/mol. The van der Waals surface area contributed by atoms with E-state index >= 15 is 0 Å². The molecular formula is C20H27NO2. The van der Waals surface area contributed by atoms with Gasteiger partial charge in [-0.25, -0.2) is 0 Å². The Kier molecular flexibility index (Phi) is 4.74. The van der Waals surface area contributed by atoms with Gasteiger partial charge in [-0.05, 0) is 62.1 Å². The first-order valence-corrected chi connectivity index (χ1v) is 8.75. The number of allylic oxidation sites excluding steroid dienone is 2. The number of amides is 1. The third-order valence-electron chi connectivity index (χ3n) is 5.55. The summed E-state index contributed by atoms with van der Waals surface area (Å²) in [6.07, 6.45) is 8.22. The quantitative estimate of drug-likeness (QED) is 0.738. The summed E-state index contributed by atoms with van der Waals surface area (Å²) in [5, 5.41) is 0. The Morgan fingerprint density at radius 1 is 1.35 bits per heavy atom. The third-order valence-corrected chi connectivity index (χ3v) is 5.55. The minimum Gasteiger partial charge on any atom is -0.497 e. The van der Waals surface area contributed by atoms with Crippen molar-refractivity contribution >= 4 is 5.91 Å². The molecule has 0 heterocycles. The van der Waals surface area contributed by atoms with Crippen LogP contribution in [0.1, 0.15) is 43.5 Å². The van der Waals surface area contributed by atoms with Gasteiger partial charge in [0.05, 0.1) is 7.11 Å². The van der Waals surface area contributed by atoms with Gasteiger partial charge in [-0.3, -0.25) is 4.79 Å². The van der Waals surface area contributed by atoms with Crippen LogP contribution in [0.15, 0.2) is 36.4 Å². The highest BCUT2D eigenvalue weighted by Gasteiger charge is 2.37. The van der Waals surface area contributed by atoms with Crippen LogP contribution in [0.2, 0.25) is 0 Å². The molecule has 0 radical (unpaired) electrons. The Morgan fingerprint density at radius 3 is 2.78 bits per heavy atom. The second-order valence-corrected chi connectivity index (χ2v) is 6.99. The van der Waals surface area contributed by atoms with Gasteiger partial charge < -0.3 is 9.64 Å². The van der Waals surface area contributed by atoms with Crippen LogP contribution < -0.4 is 4.74 Å². The first-order chi connectivity index (χ1) is 11.1. The maximum absolute atomic E-state index is 13.1. The number of hydrogen-bond donors (Lipinski definition) is 0.